The Morgan fingerprint density at radius 1 is 1.21 bits per heavy atom. The lowest BCUT2D eigenvalue weighted by Crippen LogP contribution is -2.34. The van der Waals surface area contributed by atoms with E-state index < -0.39 is 0 Å². The van der Waals surface area contributed by atoms with Gasteiger partial charge in [-0.2, -0.15) is 0 Å². The summed E-state index contributed by atoms with van der Waals surface area (Å²) in [6.07, 6.45) is 2.09. The molecule has 0 bridgehead atoms. The quantitative estimate of drug-likeness (QED) is 0.729. The van der Waals surface area contributed by atoms with Gasteiger partial charge in [-0.05, 0) is 49.3 Å². The summed E-state index contributed by atoms with van der Waals surface area (Å²) in [7, 11) is 0. The van der Waals surface area contributed by atoms with E-state index in [1.54, 1.807) is 0 Å². The van der Waals surface area contributed by atoms with Crippen LogP contribution in [0.4, 0.5) is 4.39 Å². The fraction of sp³-hybridized carbons (Fsp3) is 0.500. The first-order valence-electron chi connectivity index (χ1n) is 5.10. The zero-order valence-electron chi connectivity index (χ0n) is 8.68. The average molecular weight is 193 g/mol. The number of nitrogens with two attached hydrogens (primary N) is 1. The molecule has 76 valence electrons. The van der Waals surface area contributed by atoms with Crippen LogP contribution in [0.5, 0.6) is 0 Å². The lowest BCUT2D eigenvalue weighted by molar-refractivity contribution is 0.351. The van der Waals surface area contributed by atoms with E-state index in [9.17, 15) is 4.39 Å². The monoisotopic (exact) mass is 193 g/mol. The minimum atomic E-state index is -0.0719. The van der Waals surface area contributed by atoms with Crippen molar-refractivity contribution in [2.75, 3.05) is 0 Å². The standard InChI is InChI=1S/C12H16FN/c1-7-3-9(4-8(2)12(7)13)10-5-11(14)6-10/h3-4,10-11H,5-6,14H2,1-2H3. The highest BCUT2D eigenvalue weighted by atomic mass is 19.1. The summed E-state index contributed by atoms with van der Waals surface area (Å²) in [5, 5.41) is 0. The molecule has 0 unspecified atom stereocenters. The van der Waals surface area contributed by atoms with Crippen molar-refractivity contribution >= 4 is 0 Å². The number of hydrogen-bond acceptors (Lipinski definition) is 1. The van der Waals surface area contributed by atoms with Crippen LogP contribution in [0.15, 0.2) is 12.1 Å². The molecule has 0 heterocycles. The molecule has 1 saturated carbocycles. The summed E-state index contributed by atoms with van der Waals surface area (Å²) in [5.74, 6) is 0.486. The van der Waals surface area contributed by atoms with Crippen LogP contribution in [-0.2, 0) is 0 Å². The molecule has 0 saturated heterocycles. The Labute approximate surface area is 84.1 Å². The van der Waals surface area contributed by atoms with Crippen molar-refractivity contribution in [3.8, 4) is 0 Å². The molecular formula is C12H16FN. The molecule has 2 N–H and O–H groups in total. The van der Waals surface area contributed by atoms with Crippen LogP contribution in [0.1, 0.15) is 35.4 Å². The van der Waals surface area contributed by atoms with E-state index in [0.717, 1.165) is 24.0 Å². The zero-order chi connectivity index (χ0) is 10.3. The largest absolute Gasteiger partial charge is 0.328 e. The second-order valence-electron chi connectivity index (χ2n) is 4.40. The van der Waals surface area contributed by atoms with Gasteiger partial charge in [0.2, 0.25) is 0 Å². The second-order valence-corrected chi connectivity index (χ2v) is 4.40. The first-order valence-corrected chi connectivity index (χ1v) is 5.10. The summed E-state index contributed by atoms with van der Waals surface area (Å²) < 4.78 is 13.3. The molecule has 0 amide bonds. The minimum absolute atomic E-state index is 0.0719. The molecule has 1 aromatic carbocycles. The Morgan fingerprint density at radius 2 is 1.71 bits per heavy atom. The predicted molar refractivity (Wildman–Crippen MR) is 55.8 cm³/mol. The second kappa shape index (κ2) is 3.35. The van der Waals surface area contributed by atoms with Crippen molar-refractivity contribution in [3.05, 3.63) is 34.6 Å². The van der Waals surface area contributed by atoms with Crippen molar-refractivity contribution in [3.63, 3.8) is 0 Å². The normalized spacial score (nSPS) is 26.0. The maximum atomic E-state index is 13.3. The Kier molecular flexibility index (Phi) is 2.31. The molecule has 0 spiro atoms. The molecule has 0 aromatic heterocycles. The number of aryl methyl sites for hydroxylation is 2. The molecular weight excluding hydrogens is 177 g/mol. The van der Waals surface area contributed by atoms with E-state index in [0.29, 0.717) is 12.0 Å². The summed E-state index contributed by atoms with van der Waals surface area (Å²) in [4.78, 5) is 0. The molecule has 2 heteroatoms. The lowest BCUT2D eigenvalue weighted by atomic mass is 9.76. The van der Waals surface area contributed by atoms with Gasteiger partial charge in [0, 0.05) is 6.04 Å². The van der Waals surface area contributed by atoms with Crippen LogP contribution < -0.4 is 5.73 Å². The smallest absolute Gasteiger partial charge is 0.129 e. The third kappa shape index (κ3) is 1.55. The number of benzene rings is 1. The maximum absolute atomic E-state index is 13.3. The Bertz CT molecular complexity index is 330. The van der Waals surface area contributed by atoms with Crippen LogP contribution in [-0.4, -0.2) is 6.04 Å². The van der Waals surface area contributed by atoms with Crippen LogP contribution in [0.3, 0.4) is 0 Å². The van der Waals surface area contributed by atoms with Gasteiger partial charge in [0.25, 0.3) is 0 Å². The van der Waals surface area contributed by atoms with Crippen LogP contribution in [0, 0.1) is 19.7 Å². The molecule has 1 aliphatic carbocycles. The molecule has 0 radical (unpaired) electrons. The average Bonchev–Trinajstić information content (AvgIpc) is 2.08. The number of halogens is 1. The maximum Gasteiger partial charge on any atom is 0.129 e. The van der Waals surface area contributed by atoms with E-state index in [1.165, 1.54) is 5.56 Å². The molecule has 1 fully saturated rings. The van der Waals surface area contributed by atoms with E-state index in [-0.39, 0.29) is 5.82 Å². The van der Waals surface area contributed by atoms with E-state index >= 15 is 0 Å². The topological polar surface area (TPSA) is 26.0 Å². The minimum Gasteiger partial charge on any atom is -0.328 e. The number of rotatable bonds is 1. The van der Waals surface area contributed by atoms with Crippen LogP contribution in [0.2, 0.25) is 0 Å². The van der Waals surface area contributed by atoms with Crippen molar-refractivity contribution in [2.45, 2.75) is 38.6 Å². The van der Waals surface area contributed by atoms with Crippen molar-refractivity contribution in [1.82, 2.24) is 0 Å². The van der Waals surface area contributed by atoms with Gasteiger partial charge >= 0.3 is 0 Å². The molecule has 14 heavy (non-hydrogen) atoms. The van der Waals surface area contributed by atoms with Crippen molar-refractivity contribution < 1.29 is 4.39 Å². The first-order chi connectivity index (χ1) is 6.58. The Balaban J connectivity index is 2.27. The van der Waals surface area contributed by atoms with Gasteiger partial charge in [-0.15, -0.1) is 0 Å². The van der Waals surface area contributed by atoms with Crippen LogP contribution in [0.25, 0.3) is 0 Å². The molecule has 0 aliphatic heterocycles. The Hall–Kier alpha value is -0.890. The lowest BCUT2D eigenvalue weighted by Gasteiger charge is -2.33. The fourth-order valence-electron chi connectivity index (χ4n) is 2.15. The van der Waals surface area contributed by atoms with Crippen LogP contribution >= 0.6 is 0 Å². The predicted octanol–water partition coefficient (Wildman–Crippen LogP) is 2.65. The zero-order valence-corrected chi connectivity index (χ0v) is 8.68. The van der Waals surface area contributed by atoms with Gasteiger partial charge in [-0.1, -0.05) is 12.1 Å². The molecule has 0 atom stereocenters. The fourth-order valence-corrected chi connectivity index (χ4v) is 2.15. The van der Waals surface area contributed by atoms with E-state index in [1.807, 2.05) is 26.0 Å². The third-order valence-electron chi connectivity index (χ3n) is 3.10. The van der Waals surface area contributed by atoms with E-state index in [4.69, 9.17) is 5.73 Å². The van der Waals surface area contributed by atoms with Gasteiger partial charge < -0.3 is 5.73 Å². The molecule has 2 rings (SSSR count). The summed E-state index contributed by atoms with van der Waals surface area (Å²) >= 11 is 0. The van der Waals surface area contributed by atoms with Gasteiger partial charge in [0.1, 0.15) is 5.82 Å². The van der Waals surface area contributed by atoms with Gasteiger partial charge in [-0.3, -0.25) is 0 Å². The summed E-state index contributed by atoms with van der Waals surface area (Å²) in [5.41, 5.74) is 8.49. The number of hydrogen-bond donors (Lipinski definition) is 1. The SMILES string of the molecule is Cc1cc(C2CC(N)C2)cc(C)c1F. The van der Waals surface area contributed by atoms with Gasteiger partial charge in [0.15, 0.2) is 0 Å². The highest BCUT2D eigenvalue weighted by molar-refractivity contribution is 5.33. The Morgan fingerprint density at radius 3 is 2.14 bits per heavy atom. The first kappa shape index (κ1) is 9.66. The van der Waals surface area contributed by atoms with Gasteiger partial charge in [-0.25, -0.2) is 4.39 Å². The van der Waals surface area contributed by atoms with Crippen molar-refractivity contribution in [1.29, 1.82) is 0 Å². The highest BCUT2D eigenvalue weighted by Crippen LogP contribution is 2.36. The summed E-state index contributed by atoms with van der Waals surface area (Å²) in [6, 6.07) is 4.27. The van der Waals surface area contributed by atoms with E-state index in [2.05, 4.69) is 0 Å². The van der Waals surface area contributed by atoms with Gasteiger partial charge in [0.05, 0.1) is 0 Å². The summed E-state index contributed by atoms with van der Waals surface area (Å²) in [6.45, 7) is 3.65. The molecule has 1 nitrogen and oxygen atoms in total. The van der Waals surface area contributed by atoms with Crippen molar-refractivity contribution in [2.24, 2.45) is 5.73 Å². The highest BCUT2D eigenvalue weighted by Gasteiger charge is 2.27. The third-order valence-corrected chi connectivity index (χ3v) is 3.10. The molecule has 1 aliphatic rings. The molecule has 1 aromatic rings.